The molecule has 0 aliphatic rings. The van der Waals surface area contributed by atoms with E-state index in [2.05, 4.69) is 15.8 Å². The summed E-state index contributed by atoms with van der Waals surface area (Å²) in [7, 11) is 0. The van der Waals surface area contributed by atoms with Gasteiger partial charge in [0.25, 0.3) is 11.8 Å². The molecule has 0 heterocycles. The van der Waals surface area contributed by atoms with Crippen LogP contribution >= 0.6 is 11.6 Å². The number of hydrogen-bond acceptors (Lipinski definition) is 7. The number of phenols is 2. The number of halogens is 1. The van der Waals surface area contributed by atoms with Crippen molar-refractivity contribution in [3.8, 4) is 11.5 Å². The van der Waals surface area contributed by atoms with E-state index in [0.717, 1.165) is 12.3 Å². The van der Waals surface area contributed by atoms with E-state index in [9.17, 15) is 29.9 Å². The van der Waals surface area contributed by atoms with Gasteiger partial charge in [-0.1, -0.05) is 48.0 Å². The highest BCUT2D eigenvalue weighted by atomic mass is 35.5. The molecule has 0 unspecified atom stereocenters. The molecule has 0 saturated carbocycles. The number of nitro groups is 1. The van der Waals surface area contributed by atoms with Crippen LogP contribution in [-0.4, -0.2) is 33.2 Å². The Hall–Kier alpha value is -4.70. The summed E-state index contributed by atoms with van der Waals surface area (Å²) in [5, 5.41) is 37.2. The van der Waals surface area contributed by atoms with Crippen molar-refractivity contribution in [1.29, 1.82) is 0 Å². The molecular formula is C23H17ClN4O6. The number of amides is 2. The lowest BCUT2D eigenvalue weighted by Crippen LogP contribution is -2.32. The number of aromatic hydroxyl groups is 2. The standard InChI is InChI=1S/C23H17ClN4O6/c24-17-10-16(21(30)19(12-17)28(33)34)13-25-27-23(32)18(11-15-8-4-5-9-20(15)29)26-22(31)14-6-2-1-3-7-14/h1-13,29-30H,(H,26,31)(H,27,32). The lowest BCUT2D eigenvalue weighted by molar-refractivity contribution is -0.385. The minimum atomic E-state index is -0.861. The Morgan fingerprint density at radius 3 is 2.35 bits per heavy atom. The summed E-state index contributed by atoms with van der Waals surface area (Å²) in [4.78, 5) is 35.5. The van der Waals surface area contributed by atoms with E-state index in [1.165, 1.54) is 24.3 Å². The number of hydrogen-bond donors (Lipinski definition) is 4. The normalized spacial score (nSPS) is 11.3. The second kappa shape index (κ2) is 10.7. The van der Waals surface area contributed by atoms with Crippen LogP contribution in [0.5, 0.6) is 11.5 Å². The molecule has 4 N–H and O–H groups in total. The van der Waals surface area contributed by atoms with E-state index in [-0.39, 0.29) is 33.2 Å². The summed E-state index contributed by atoms with van der Waals surface area (Å²) in [5.41, 5.74) is 1.73. The Morgan fingerprint density at radius 2 is 1.68 bits per heavy atom. The topological polar surface area (TPSA) is 154 Å². The number of nitrogens with zero attached hydrogens (tertiary/aromatic N) is 2. The highest BCUT2D eigenvalue weighted by molar-refractivity contribution is 6.31. The van der Waals surface area contributed by atoms with Crippen molar-refractivity contribution in [2.24, 2.45) is 5.10 Å². The molecule has 0 atom stereocenters. The van der Waals surface area contributed by atoms with Gasteiger partial charge in [-0.2, -0.15) is 5.10 Å². The molecule has 0 aliphatic heterocycles. The molecule has 0 radical (unpaired) electrons. The molecule has 34 heavy (non-hydrogen) atoms. The molecular weight excluding hydrogens is 464 g/mol. The first-order chi connectivity index (χ1) is 16.3. The van der Waals surface area contributed by atoms with Crippen LogP contribution in [0.4, 0.5) is 5.69 Å². The number of hydrazone groups is 1. The van der Waals surface area contributed by atoms with Gasteiger partial charge in [0.15, 0.2) is 0 Å². The predicted molar refractivity (Wildman–Crippen MR) is 125 cm³/mol. The number of nitrogens with one attached hydrogen (secondary N) is 2. The van der Waals surface area contributed by atoms with Gasteiger partial charge in [-0.25, -0.2) is 5.43 Å². The molecule has 2 amide bonds. The van der Waals surface area contributed by atoms with Crippen molar-refractivity contribution >= 4 is 41.4 Å². The van der Waals surface area contributed by atoms with Gasteiger partial charge in [0.1, 0.15) is 11.4 Å². The van der Waals surface area contributed by atoms with Gasteiger partial charge in [0.2, 0.25) is 5.75 Å². The van der Waals surface area contributed by atoms with Gasteiger partial charge in [-0.3, -0.25) is 19.7 Å². The van der Waals surface area contributed by atoms with Crippen LogP contribution < -0.4 is 10.7 Å². The number of para-hydroxylation sites is 1. The second-order valence-corrected chi connectivity index (χ2v) is 7.19. The molecule has 0 bridgehead atoms. The quantitative estimate of drug-likeness (QED) is 0.175. The average molecular weight is 481 g/mol. The first kappa shape index (κ1) is 24.0. The third kappa shape index (κ3) is 5.96. The molecule has 10 nitrogen and oxygen atoms in total. The molecule has 3 aromatic carbocycles. The molecule has 0 aliphatic carbocycles. The van der Waals surface area contributed by atoms with E-state index < -0.39 is 28.2 Å². The number of benzene rings is 3. The first-order valence-corrected chi connectivity index (χ1v) is 10.0. The summed E-state index contributed by atoms with van der Waals surface area (Å²) in [6, 6.07) is 16.5. The second-order valence-electron chi connectivity index (χ2n) is 6.76. The third-order valence-electron chi connectivity index (χ3n) is 4.42. The monoisotopic (exact) mass is 480 g/mol. The van der Waals surface area contributed by atoms with Gasteiger partial charge in [0.05, 0.1) is 11.1 Å². The largest absolute Gasteiger partial charge is 0.507 e. The van der Waals surface area contributed by atoms with Crippen LogP contribution in [0, 0.1) is 10.1 Å². The van der Waals surface area contributed by atoms with Crippen molar-refractivity contribution in [3.63, 3.8) is 0 Å². The van der Waals surface area contributed by atoms with Gasteiger partial charge in [-0.15, -0.1) is 0 Å². The minimum absolute atomic E-state index is 0.0208. The van der Waals surface area contributed by atoms with E-state index in [0.29, 0.717) is 0 Å². The lowest BCUT2D eigenvalue weighted by atomic mass is 10.1. The Morgan fingerprint density at radius 1 is 1.00 bits per heavy atom. The summed E-state index contributed by atoms with van der Waals surface area (Å²) in [6.45, 7) is 0. The van der Waals surface area contributed by atoms with E-state index in [1.807, 2.05) is 0 Å². The van der Waals surface area contributed by atoms with Crippen LogP contribution in [0.2, 0.25) is 5.02 Å². The Balaban J connectivity index is 1.87. The summed E-state index contributed by atoms with van der Waals surface area (Å²) >= 11 is 5.83. The van der Waals surface area contributed by atoms with Crippen LogP contribution in [-0.2, 0) is 4.79 Å². The zero-order valence-electron chi connectivity index (χ0n) is 17.3. The predicted octanol–water partition coefficient (Wildman–Crippen LogP) is 3.58. The molecule has 11 heteroatoms. The third-order valence-corrected chi connectivity index (χ3v) is 4.63. The molecule has 0 saturated heterocycles. The van der Waals surface area contributed by atoms with Crippen LogP contribution in [0.25, 0.3) is 6.08 Å². The van der Waals surface area contributed by atoms with Crippen molar-refractivity contribution in [1.82, 2.24) is 10.7 Å². The summed E-state index contributed by atoms with van der Waals surface area (Å²) in [6.07, 6.45) is 2.21. The molecule has 0 fully saturated rings. The number of phenolic OH excluding ortho intramolecular Hbond substituents is 2. The maximum atomic E-state index is 12.8. The summed E-state index contributed by atoms with van der Waals surface area (Å²) < 4.78 is 0. The van der Waals surface area contributed by atoms with Crippen LogP contribution in [0.15, 0.2) is 77.5 Å². The summed E-state index contributed by atoms with van der Waals surface area (Å²) in [5.74, 6) is -2.25. The van der Waals surface area contributed by atoms with Crippen molar-refractivity contribution < 1.29 is 24.7 Å². The zero-order valence-corrected chi connectivity index (χ0v) is 18.1. The number of nitro benzene ring substituents is 1. The fourth-order valence-electron chi connectivity index (χ4n) is 2.77. The van der Waals surface area contributed by atoms with Gasteiger partial charge in [-0.05, 0) is 30.3 Å². The fraction of sp³-hybridized carbons (Fsp3) is 0. The average Bonchev–Trinajstić information content (AvgIpc) is 2.82. The van der Waals surface area contributed by atoms with Crippen LogP contribution in [0.3, 0.4) is 0 Å². The highest BCUT2D eigenvalue weighted by Gasteiger charge is 2.18. The van der Waals surface area contributed by atoms with Gasteiger partial charge in [0, 0.05) is 27.8 Å². The number of carbonyl (C=O) groups excluding carboxylic acids is 2. The molecule has 0 aromatic heterocycles. The first-order valence-electron chi connectivity index (χ1n) is 9.62. The zero-order chi connectivity index (χ0) is 24.7. The van der Waals surface area contributed by atoms with Gasteiger partial charge < -0.3 is 15.5 Å². The van der Waals surface area contributed by atoms with E-state index in [1.54, 1.807) is 42.5 Å². The molecule has 3 rings (SSSR count). The molecule has 172 valence electrons. The molecule has 3 aromatic rings. The molecule has 0 spiro atoms. The van der Waals surface area contributed by atoms with Crippen LogP contribution in [0.1, 0.15) is 21.5 Å². The number of rotatable bonds is 7. The van der Waals surface area contributed by atoms with Crippen molar-refractivity contribution in [2.45, 2.75) is 0 Å². The van der Waals surface area contributed by atoms with Crippen molar-refractivity contribution in [3.05, 3.63) is 104 Å². The van der Waals surface area contributed by atoms with E-state index in [4.69, 9.17) is 11.6 Å². The Labute approximate surface area is 198 Å². The highest BCUT2D eigenvalue weighted by Crippen LogP contribution is 2.32. The lowest BCUT2D eigenvalue weighted by Gasteiger charge is -2.10. The Kier molecular flexibility index (Phi) is 7.57. The van der Waals surface area contributed by atoms with E-state index >= 15 is 0 Å². The smallest absolute Gasteiger partial charge is 0.312 e. The minimum Gasteiger partial charge on any atom is -0.507 e. The fourth-order valence-corrected chi connectivity index (χ4v) is 2.99. The van der Waals surface area contributed by atoms with Gasteiger partial charge >= 0.3 is 5.69 Å². The Bertz CT molecular complexity index is 1310. The number of carbonyl (C=O) groups is 2. The maximum absolute atomic E-state index is 12.8. The maximum Gasteiger partial charge on any atom is 0.312 e. The van der Waals surface area contributed by atoms with Crippen molar-refractivity contribution in [2.75, 3.05) is 0 Å². The SMILES string of the molecule is O=C(NN=Cc1cc(Cl)cc([N+](=O)[O-])c1O)C(=Cc1ccccc1O)NC(=O)c1ccccc1.